The van der Waals surface area contributed by atoms with Gasteiger partial charge in [0.1, 0.15) is 11.4 Å². The summed E-state index contributed by atoms with van der Waals surface area (Å²) in [5, 5.41) is 0.659. The van der Waals surface area contributed by atoms with Gasteiger partial charge >= 0.3 is 0 Å². The number of hydrogen-bond acceptors (Lipinski definition) is 2. The molecule has 0 fully saturated rings. The summed E-state index contributed by atoms with van der Waals surface area (Å²) in [5.74, 6) is -0.211. The predicted molar refractivity (Wildman–Crippen MR) is 45.6 cm³/mol. The van der Waals surface area contributed by atoms with E-state index >= 15 is 0 Å². The second-order valence-electron chi connectivity index (χ2n) is 2.45. The van der Waals surface area contributed by atoms with E-state index < -0.39 is 5.82 Å². The molecule has 0 bridgehead atoms. The van der Waals surface area contributed by atoms with Crippen molar-refractivity contribution in [1.82, 2.24) is 0 Å². The maximum Gasteiger partial charge on any atom is 0.191 e. The summed E-state index contributed by atoms with van der Waals surface area (Å²) in [4.78, 5) is 0. The van der Waals surface area contributed by atoms with Gasteiger partial charge in [-0.1, -0.05) is 11.6 Å². The summed E-state index contributed by atoms with van der Waals surface area (Å²) < 4.78 is 17.9. The van der Waals surface area contributed by atoms with Gasteiger partial charge in [-0.3, -0.25) is 0 Å². The third-order valence-corrected chi connectivity index (χ3v) is 1.87. The number of nitrogen functional groups attached to an aromatic ring is 1. The van der Waals surface area contributed by atoms with Crippen molar-refractivity contribution in [3.63, 3.8) is 0 Å². The molecule has 0 amide bonds. The van der Waals surface area contributed by atoms with Crippen LogP contribution in [0.2, 0.25) is 5.02 Å². The van der Waals surface area contributed by atoms with Crippen molar-refractivity contribution in [2.75, 3.05) is 5.73 Å². The zero-order chi connectivity index (χ0) is 8.72. The van der Waals surface area contributed by atoms with Gasteiger partial charge in [-0.15, -0.1) is 0 Å². The molecule has 0 spiro atoms. The molecule has 0 saturated heterocycles. The molecular weight excluding hydrogens is 181 g/mol. The fraction of sp³-hybridized carbons (Fsp3) is 0. The molecule has 0 unspecified atom stereocenters. The zero-order valence-electron chi connectivity index (χ0n) is 5.97. The van der Waals surface area contributed by atoms with Crippen molar-refractivity contribution in [1.29, 1.82) is 0 Å². The number of halogens is 2. The summed E-state index contributed by atoms with van der Waals surface area (Å²) in [5.41, 5.74) is 5.86. The number of fused-ring (bicyclic) bond motifs is 1. The van der Waals surface area contributed by atoms with E-state index in [0.29, 0.717) is 11.0 Å². The molecule has 2 N–H and O–H groups in total. The first-order chi connectivity index (χ1) is 5.66. The summed E-state index contributed by atoms with van der Waals surface area (Å²) in [7, 11) is 0. The van der Waals surface area contributed by atoms with Crippen LogP contribution in [-0.2, 0) is 0 Å². The fourth-order valence-corrected chi connectivity index (χ4v) is 1.21. The van der Waals surface area contributed by atoms with Gasteiger partial charge in [0.15, 0.2) is 5.88 Å². The van der Waals surface area contributed by atoms with E-state index in [0.717, 1.165) is 0 Å². The molecule has 2 rings (SSSR count). The molecule has 0 saturated carbocycles. The van der Waals surface area contributed by atoms with Gasteiger partial charge in [0.2, 0.25) is 0 Å². The Morgan fingerprint density at radius 1 is 1.33 bits per heavy atom. The highest BCUT2D eigenvalue weighted by molar-refractivity contribution is 6.31. The zero-order valence-corrected chi connectivity index (χ0v) is 6.73. The highest BCUT2D eigenvalue weighted by Gasteiger charge is 2.05. The fourth-order valence-electron chi connectivity index (χ4n) is 1.05. The van der Waals surface area contributed by atoms with Crippen molar-refractivity contribution in [2.45, 2.75) is 0 Å². The Morgan fingerprint density at radius 3 is 2.83 bits per heavy atom. The van der Waals surface area contributed by atoms with Crippen LogP contribution in [-0.4, -0.2) is 0 Å². The van der Waals surface area contributed by atoms with Crippen molar-refractivity contribution in [3.05, 3.63) is 29.0 Å². The molecule has 1 heterocycles. The lowest BCUT2D eigenvalue weighted by atomic mass is 10.2. The van der Waals surface area contributed by atoms with Gasteiger partial charge in [0.05, 0.1) is 5.02 Å². The smallest absolute Gasteiger partial charge is 0.191 e. The molecule has 2 nitrogen and oxygen atoms in total. The minimum atomic E-state index is -0.468. The number of hydrogen-bond donors (Lipinski definition) is 1. The maximum atomic E-state index is 12.8. The summed E-state index contributed by atoms with van der Waals surface area (Å²) in [6.07, 6.45) is 0. The predicted octanol–water partition coefficient (Wildman–Crippen LogP) is 2.81. The number of nitrogens with two attached hydrogens (primary N) is 1. The Morgan fingerprint density at radius 2 is 2.08 bits per heavy atom. The SMILES string of the molecule is Nc1cc2cc(F)c(Cl)cc2o1. The van der Waals surface area contributed by atoms with Crippen LogP contribution in [0.3, 0.4) is 0 Å². The second-order valence-corrected chi connectivity index (χ2v) is 2.86. The molecule has 2 aromatic rings. The Bertz CT molecular complexity index is 399. The summed E-state index contributed by atoms with van der Waals surface area (Å²) in [6, 6.07) is 4.24. The normalized spacial score (nSPS) is 10.8. The van der Waals surface area contributed by atoms with E-state index in [4.69, 9.17) is 21.8 Å². The van der Waals surface area contributed by atoms with E-state index in [1.54, 1.807) is 6.07 Å². The summed E-state index contributed by atoms with van der Waals surface area (Å²) >= 11 is 5.52. The molecule has 1 aromatic carbocycles. The quantitative estimate of drug-likeness (QED) is 0.686. The van der Waals surface area contributed by atoms with Gasteiger partial charge in [-0.05, 0) is 6.07 Å². The number of benzene rings is 1. The Kier molecular flexibility index (Phi) is 1.48. The molecule has 0 atom stereocenters. The van der Waals surface area contributed by atoms with Gasteiger partial charge < -0.3 is 10.2 Å². The molecule has 0 aliphatic heterocycles. The van der Waals surface area contributed by atoms with Crippen LogP contribution in [0.4, 0.5) is 10.3 Å². The Labute approximate surface area is 72.7 Å². The van der Waals surface area contributed by atoms with Crippen molar-refractivity contribution < 1.29 is 8.81 Å². The highest BCUT2D eigenvalue weighted by atomic mass is 35.5. The minimum Gasteiger partial charge on any atom is -0.441 e. The number of furan rings is 1. The third kappa shape index (κ3) is 1.02. The molecule has 1 aromatic heterocycles. The van der Waals surface area contributed by atoms with Gasteiger partial charge in [-0.2, -0.15) is 0 Å². The highest BCUT2D eigenvalue weighted by Crippen LogP contribution is 2.26. The standard InChI is InChI=1S/C8H5ClFNO/c9-5-3-7-4(1-6(5)10)2-8(11)12-7/h1-3H,11H2. The first-order valence-electron chi connectivity index (χ1n) is 3.31. The Balaban J connectivity index is 2.83. The van der Waals surface area contributed by atoms with Crippen LogP contribution < -0.4 is 5.73 Å². The first kappa shape index (κ1) is 7.43. The van der Waals surface area contributed by atoms with Crippen LogP contribution in [0.15, 0.2) is 22.6 Å². The van der Waals surface area contributed by atoms with Crippen LogP contribution in [0, 0.1) is 5.82 Å². The van der Waals surface area contributed by atoms with Crippen LogP contribution in [0.5, 0.6) is 0 Å². The van der Waals surface area contributed by atoms with E-state index in [1.165, 1.54) is 12.1 Å². The Hall–Kier alpha value is -1.22. The number of rotatable bonds is 0. The number of anilines is 1. The largest absolute Gasteiger partial charge is 0.441 e. The monoisotopic (exact) mass is 185 g/mol. The molecule has 12 heavy (non-hydrogen) atoms. The lowest BCUT2D eigenvalue weighted by molar-refractivity contribution is 0.621. The van der Waals surface area contributed by atoms with Gasteiger partial charge in [0, 0.05) is 17.5 Å². The molecule has 0 radical (unpaired) electrons. The van der Waals surface area contributed by atoms with Gasteiger partial charge in [0.25, 0.3) is 0 Å². The third-order valence-electron chi connectivity index (χ3n) is 1.58. The summed E-state index contributed by atoms with van der Waals surface area (Å²) in [6.45, 7) is 0. The van der Waals surface area contributed by atoms with Crippen molar-refractivity contribution in [3.8, 4) is 0 Å². The molecule has 0 aliphatic carbocycles. The van der Waals surface area contributed by atoms with Crippen molar-refractivity contribution >= 4 is 28.5 Å². The maximum absolute atomic E-state index is 12.8. The lowest BCUT2D eigenvalue weighted by Crippen LogP contribution is -1.75. The average Bonchev–Trinajstić information content (AvgIpc) is 2.30. The van der Waals surface area contributed by atoms with Gasteiger partial charge in [-0.25, -0.2) is 4.39 Å². The minimum absolute atomic E-state index is 0.0388. The van der Waals surface area contributed by atoms with E-state index in [9.17, 15) is 4.39 Å². The first-order valence-corrected chi connectivity index (χ1v) is 3.68. The average molecular weight is 186 g/mol. The second kappa shape index (κ2) is 2.38. The van der Waals surface area contributed by atoms with Crippen LogP contribution >= 0.6 is 11.6 Å². The molecule has 4 heteroatoms. The lowest BCUT2D eigenvalue weighted by Gasteiger charge is -1.91. The van der Waals surface area contributed by atoms with E-state index in [-0.39, 0.29) is 10.9 Å². The topological polar surface area (TPSA) is 39.2 Å². The van der Waals surface area contributed by atoms with E-state index in [1.807, 2.05) is 0 Å². The molecular formula is C8H5ClFNO. The van der Waals surface area contributed by atoms with Crippen LogP contribution in [0.1, 0.15) is 0 Å². The van der Waals surface area contributed by atoms with E-state index in [2.05, 4.69) is 0 Å². The van der Waals surface area contributed by atoms with Crippen molar-refractivity contribution in [2.24, 2.45) is 0 Å². The molecule has 0 aliphatic rings. The molecule has 62 valence electrons. The van der Waals surface area contributed by atoms with Crippen LogP contribution in [0.25, 0.3) is 11.0 Å².